The van der Waals surface area contributed by atoms with Crippen LogP contribution in [0.1, 0.15) is 38.7 Å². The minimum absolute atomic E-state index is 0.239. The molecule has 1 aromatic rings. The molecule has 104 valence electrons. The van der Waals surface area contributed by atoms with Crippen molar-refractivity contribution in [3.63, 3.8) is 0 Å². The second kappa shape index (κ2) is 5.07. The van der Waals surface area contributed by atoms with Gasteiger partial charge in [-0.15, -0.1) is 0 Å². The highest BCUT2D eigenvalue weighted by Gasteiger charge is 2.30. The summed E-state index contributed by atoms with van der Waals surface area (Å²) < 4.78 is 5.38. The second-order valence-electron chi connectivity index (χ2n) is 5.93. The van der Waals surface area contributed by atoms with E-state index in [1.807, 2.05) is 32.9 Å². The number of rotatable bonds is 1. The van der Waals surface area contributed by atoms with Gasteiger partial charge >= 0.3 is 6.09 Å². The van der Waals surface area contributed by atoms with Gasteiger partial charge in [-0.1, -0.05) is 0 Å². The number of ether oxygens (including phenoxy) is 1. The molecule has 1 aromatic heterocycles. The minimum Gasteiger partial charge on any atom is -0.444 e. The number of carbonyl (C=O) groups excluding carboxylic acids is 1. The molecular weight excluding hydrogens is 242 g/mol. The van der Waals surface area contributed by atoms with E-state index < -0.39 is 5.60 Å². The number of aromatic nitrogens is 1. The van der Waals surface area contributed by atoms with Crippen molar-refractivity contribution in [2.24, 2.45) is 0 Å². The van der Waals surface area contributed by atoms with Crippen molar-refractivity contribution >= 4 is 11.9 Å². The number of hydrogen-bond acceptors (Lipinski definition) is 4. The van der Waals surface area contributed by atoms with E-state index in [2.05, 4.69) is 4.98 Å². The summed E-state index contributed by atoms with van der Waals surface area (Å²) in [7, 11) is 0. The lowest BCUT2D eigenvalue weighted by Gasteiger charge is -2.24. The van der Waals surface area contributed by atoms with Crippen LogP contribution in [0.2, 0.25) is 0 Å². The van der Waals surface area contributed by atoms with Gasteiger partial charge in [0.25, 0.3) is 0 Å². The molecule has 1 saturated heterocycles. The monoisotopic (exact) mass is 263 g/mol. The fraction of sp³-hybridized carbons (Fsp3) is 0.571. The Labute approximate surface area is 113 Å². The molecule has 1 fully saturated rings. The van der Waals surface area contributed by atoms with E-state index >= 15 is 0 Å². The Morgan fingerprint density at radius 3 is 2.89 bits per heavy atom. The Morgan fingerprint density at radius 2 is 2.26 bits per heavy atom. The molecule has 5 heteroatoms. The molecule has 0 spiro atoms. The summed E-state index contributed by atoms with van der Waals surface area (Å²) in [4.78, 5) is 17.7. The van der Waals surface area contributed by atoms with Crippen molar-refractivity contribution in [1.82, 2.24) is 9.88 Å². The van der Waals surface area contributed by atoms with Gasteiger partial charge in [0.05, 0.1) is 0 Å². The lowest BCUT2D eigenvalue weighted by atomic mass is 10.00. The van der Waals surface area contributed by atoms with Crippen molar-refractivity contribution < 1.29 is 9.53 Å². The molecule has 1 unspecified atom stereocenters. The predicted octanol–water partition coefficient (Wildman–Crippen LogP) is 2.39. The molecule has 2 rings (SSSR count). The Kier molecular flexibility index (Phi) is 3.64. The van der Waals surface area contributed by atoms with Crippen molar-refractivity contribution in [3.05, 3.63) is 23.9 Å². The quantitative estimate of drug-likeness (QED) is 0.844. The maximum absolute atomic E-state index is 12.0. The number of pyridine rings is 1. The molecule has 1 amide bonds. The summed E-state index contributed by atoms with van der Waals surface area (Å²) in [6, 6.07) is 3.84. The first-order valence-corrected chi connectivity index (χ1v) is 6.54. The van der Waals surface area contributed by atoms with E-state index in [-0.39, 0.29) is 6.09 Å². The summed E-state index contributed by atoms with van der Waals surface area (Å²) in [6.45, 7) is 7.03. The minimum atomic E-state index is -0.448. The number of carbonyl (C=O) groups is 1. The zero-order chi connectivity index (χ0) is 14.0. The summed E-state index contributed by atoms with van der Waals surface area (Å²) in [5.41, 5.74) is 6.38. The third-order valence-corrected chi connectivity index (χ3v) is 3.12. The van der Waals surface area contributed by atoms with E-state index in [0.717, 1.165) is 18.5 Å². The fourth-order valence-electron chi connectivity index (χ4n) is 2.24. The molecule has 0 radical (unpaired) electrons. The summed E-state index contributed by atoms with van der Waals surface area (Å²) >= 11 is 0. The lowest BCUT2D eigenvalue weighted by Crippen LogP contribution is -2.35. The lowest BCUT2D eigenvalue weighted by molar-refractivity contribution is 0.0292. The summed E-state index contributed by atoms with van der Waals surface area (Å²) in [5, 5.41) is 0. The van der Waals surface area contributed by atoms with E-state index in [1.54, 1.807) is 11.1 Å². The fourth-order valence-corrected chi connectivity index (χ4v) is 2.24. The van der Waals surface area contributed by atoms with Crippen LogP contribution < -0.4 is 5.73 Å². The van der Waals surface area contributed by atoms with Crippen LogP contribution in [0.5, 0.6) is 0 Å². The molecule has 19 heavy (non-hydrogen) atoms. The van der Waals surface area contributed by atoms with Crippen LogP contribution in [0.4, 0.5) is 10.6 Å². The average molecular weight is 263 g/mol. The van der Waals surface area contributed by atoms with Gasteiger partial charge in [0.2, 0.25) is 0 Å². The molecule has 2 heterocycles. The number of nitrogens with two attached hydrogens (primary N) is 1. The highest BCUT2D eigenvalue weighted by Crippen LogP contribution is 2.28. The SMILES string of the molecule is CC(C)(C)OC(=O)N1CCC(c2ccnc(N)c2)C1. The maximum atomic E-state index is 12.0. The predicted molar refractivity (Wildman–Crippen MR) is 73.8 cm³/mol. The van der Waals surface area contributed by atoms with Crippen molar-refractivity contribution in [2.45, 2.75) is 38.7 Å². The first-order valence-electron chi connectivity index (χ1n) is 6.54. The normalized spacial score (nSPS) is 19.5. The molecule has 0 aliphatic carbocycles. The van der Waals surface area contributed by atoms with Gasteiger partial charge in [0.15, 0.2) is 0 Å². The number of nitrogens with zero attached hydrogens (tertiary/aromatic N) is 2. The third kappa shape index (κ3) is 3.59. The van der Waals surface area contributed by atoms with Crippen LogP contribution in [0.3, 0.4) is 0 Å². The second-order valence-corrected chi connectivity index (χ2v) is 5.93. The zero-order valence-electron chi connectivity index (χ0n) is 11.7. The molecule has 1 atom stereocenters. The smallest absolute Gasteiger partial charge is 0.410 e. The molecule has 0 aromatic carbocycles. The molecule has 1 aliphatic heterocycles. The van der Waals surface area contributed by atoms with Crippen molar-refractivity contribution in [3.8, 4) is 0 Å². The van der Waals surface area contributed by atoms with Crippen LogP contribution >= 0.6 is 0 Å². The number of nitrogen functional groups attached to an aromatic ring is 1. The highest BCUT2D eigenvalue weighted by atomic mass is 16.6. The summed E-state index contributed by atoms with van der Waals surface area (Å²) in [6.07, 6.45) is 2.40. The average Bonchev–Trinajstić information content (AvgIpc) is 2.75. The molecule has 1 aliphatic rings. The van der Waals surface area contributed by atoms with Crippen LogP contribution in [0, 0.1) is 0 Å². The van der Waals surface area contributed by atoms with Crippen LogP contribution in [0.25, 0.3) is 0 Å². The number of likely N-dealkylation sites (tertiary alicyclic amines) is 1. The topological polar surface area (TPSA) is 68.5 Å². The van der Waals surface area contributed by atoms with E-state index in [4.69, 9.17) is 10.5 Å². The van der Waals surface area contributed by atoms with Crippen LogP contribution in [0.15, 0.2) is 18.3 Å². The van der Waals surface area contributed by atoms with E-state index in [0.29, 0.717) is 18.3 Å². The van der Waals surface area contributed by atoms with Gasteiger partial charge in [0.1, 0.15) is 11.4 Å². The highest BCUT2D eigenvalue weighted by molar-refractivity contribution is 5.68. The Hall–Kier alpha value is -1.78. The van der Waals surface area contributed by atoms with Crippen molar-refractivity contribution in [2.75, 3.05) is 18.8 Å². The van der Waals surface area contributed by atoms with Gasteiger partial charge in [-0.3, -0.25) is 0 Å². The van der Waals surface area contributed by atoms with Gasteiger partial charge in [0, 0.05) is 25.2 Å². The maximum Gasteiger partial charge on any atom is 0.410 e. The first kappa shape index (κ1) is 13.6. The van der Waals surface area contributed by atoms with Gasteiger partial charge in [-0.05, 0) is 44.9 Å². The van der Waals surface area contributed by atoms with E-state index in [1.165, 1.54) is 0 Å². The zero-order valence-corrected chi connectivity index (χ0v) is 11.7. The van der Waals surface area contributed by atoms with Crippen LogP contribution in [-0.2, 0) is 4.74 Å². The summed E-state index contributed by atoms with van der Waals surface area (Å²) in [5.74, 6) is 0.839. The first-order chi connectivity index (χ1) is 8.85. The number of amides is 1. The Bertz CT molecular complexity index is 468. The number of anilines is 1. The van der Waals surface area contributed by atoms with Crippen LogP contribution in [-0.4, -0.2) is 34.7 Å². The number of hydrogen-bond donors (Lipinski definition) is 1. The Balaban J connectivity index is 1.98. The molecule has 5 nitrogen and oxygen atoms in total. The third-order valence-electron chi connectivity index (χ3n) is 3.12. The van der Waals surface area contributed by atoms with Gasteiger partial charge in [-0.25, -0.2) is 9.78 Å². The molecular formula is C14H21N3O2. The van der Waals surface area contributed by atoms with E-state index in [9.17, 15) is 4.79 Å². The molecule has 2 N–H and O–H groups in total. The van der Waals surface area contributed by atoms with Gasteiger partial charge in [-0.2, -0.15) is 0 Å². The molecule has 0 bridgehead atoms. The Morgan fingerprint density at radius 1 is 1.53 bits per heavy atom. The molecule has 0 saturated carbocycles. The largest absolute Gasteiger partial charge is 0.444 e. The van der Waals surface area contributed by atoms with Crippen molar-refractivity contribution in [1.29, 1.82) is 0 Å². The standard InChI is InChI=1S/C14H21N3O2/c1-14(2,3)19-13(18)17-7-5-11(9-17)10-4-6-16-12(15)8-10/h4,6,8,11H,5,7,9H2,1-3H3,(H2,15,16). The van der Waals surface area contributed by atoms with Gasteiger partial charge < -0.3 is 15.4 Å².